The van der Waals surface area contributed by atoms with Gasteiger partial charge in [0.1, 0.15) is 11.6 Å². The maximum Gasteiger partial charge on any atom is 0.147 e. The molecule has 0 saturated heterocycles. The molecule has 0 bridgehead atoms. The predicted molar refractivity (Wildman–Crippen MR) is 50.4 cm³/mol. The van der Waals surface area contributed by atoms with Crippen LogP contribution in [0.15, 0.2) is 24.3 Å². The van der Waals surface area contributed by atoms with Gasteiger partial charge in [-0.1, -0.05) is 12.1 Å². The van der Waals surface area contributed by atoms with Crippen molar-refractivity contribution in [3.8, 4) is 0 Å². The fourth-order valence-corrected chi connectivity index (χ4v) is 1.19. The molecule has 13 heavy (non-hydrogen) atoms. The van der Waals surface area contributed by atoms with E-state index in [0.717, 1.165) is 5.56 Å². The summed E-state index contributed by atoms with van der Waals surface area (Å²) in [5.41, 5.74) is 0.746. The van der Waals surface area contributed by atoms with Gasteiger partial charge in [0.25, 0.3) is 0 Å². The summed E-state index contributed by atoms with van der Waals surface area (Å²) in [7, 11) is 0. The summed E-state index contributed by atoms with van der Waals surface area (Å²) in [5, 5.41) is -0.554. The van der Waals surface area contributed by atoms with Crippen LogP contribution in [-0.4, -0.2) is 11.2 Å². The number of hydrogen-bond donors (Lipinski definition) is 0. The molecule has 0 aliphatic rings. The quantitative estimate of drug-likeness (QED) is 0.686. The van der Waals surface area contributed by atoms with Crippen molar-refractivity contribution in [3.05, 3.63) is 35.6 Å². The Labute approximate surface area is 81.5 Å². The van der Waals surface area contributed by atoms with Crippen LogP contribution in [0.25, 0.3) is 0 Å². The van der Waals surface area contributed by atoms with E-state index >= 15 is 0 Å². The molecule has 70 valence electrons. The van der Waals surface area contributed by atoms with E-state index in [2.05, 4.69) is 0 Å². The minimum Gasteiger partial charge on any atom is -0.298 e. The number of ketones is 1. The standard InChI is InChI=1S/C10H10ClFO/c1-7(13)10(11)6-8-3-2-4-9(12)5-8/h2-5,10H,6H2,1H3. The van der Waals surface area contributed by atoms with Crippen molar-refractivity contribution >= 4 is 17.4 Å². The Hall–Kier alpha value is -0.890. The Kier molecular flexibility index (Phi) is 3.43. The molecule has 0 N–H and O–H groups in total. The van der Waals surface area contributed by atoms with Gasteiger partial charge in [0.2, 0.25) is 0 Å². The second-order valence-corrected chi connectivity index (χ2v) is 3.44. The van der Waals surface area contributed by atoms with Gasteiger partial charge in [-0.2, -0.15) is 0 Å². The summed E-state index contributed by atoms with van der Waals surface area (Å²) in [6.07, 6.45) is 0.384. The molecule has 1 unspecified atom stereocenters. The Morgan fingerprint density at radius 2 is 2.31 bits per heavy atom. The van der Waals surface area contributed by atoms with Gasteiger partial charge >= 0.3 is 0 Å². The van der Waals surface area contributed by atoms with Crippen molar-refractivity contribution in [2.24, 2.45) is 0 Å². The van der Waals surface area contributed by atoms with Crippen LogP contribution in [0, 0.1) is 5.82 Å². The predicted octanol–water partition coefficient (Wildman–Crippen LogP) is 2.56. The van der Waals surface area contributed by atoms with Crippen molar-refractivity contribution in [2.45, 2.75) is 18.7 Å². The number of alkyl halides is 1. The molecule has 0 radical (unpaired) electrons. The summed E-state index contributed by atoms with van der Waals surface area (Å²) in [5.74, 6) is -0.393. The molecule has 0 amide bonds. The summed E-state index contributed by atoms with van der Waals surface area (Å²) < 4.78 is 12.7. The highest BCUT2D eigenvalue weighted by atomic mass is 35.5. The smallest absolute Gasteiger partial charge is 0.147 e. The molecule has 0 fully saturated rings. The van der Waals surface area contributed by atoms with E-state index in [1.54, 1.807) is 12.1 Å². The molecule has 0 saturated carbocycles. The summed E-state index contributed by atoms with van der Waals surface area (Å²) in [4.78, 5) is 10.8. The zero-order valence-corrected chi connectivity index (χ0v) is 8.01. The normalized spacial score (nSPS) is 12.5. The number of halogens is 2. The van der Waals surface area contributed by atoms with Crippen LogP contribution < -0.4 is 0 Å². The molecule has 1 aromatic carbocycles. The van der Waals surface area contributed by atoms with Crippen molar-refractivity contribution in [1.29, 1.82) is 0 Å². The first kappa shape index (κ1) is 10.2. The van der Waals surface area contributed by atoms with Crippen molar-refractivity contribution in [1.82, 2.24) is 0 Å². The van der Waals surface area contributed by atoms with Gasteiger partial charge in [-0.15, -0.1) is 11.6 Å². The highest BCUT2D eigenvalue weighted by Crippen LogP contribution is 2.10. The van der Waals surface area contributed by atoms with E-state index in [1.807, 2.05) is 0 Å². The maximum atomic E-state index is 12.7. The number of carbonyl (C=O) groups excluding carboxylic acids is 1. The Morgan fingerprint density at radius 1 is 1.62 bits per heavy atom. The van der Waals surface area contributed by atoms with E-state index in [9.17, 15) is 9.18 Å². The lowest BCUT2D eigenvalue weighted by Gasteiger charge is -2.04. The van der Waals surface area contributed by atoms with Crippen LogP contribution >= 0.6 is 11.6 Å². The highest BCUT2D eigenvalue weighted by Gasteiger charge is 2.10. The topological polar surface area (TPSA) is 17.1 Å². The lowest BCUT2D eigenvalue weighted by molar-refractivity contribution is -0.116. The van der Waals surface area contributed by atoms with Crippen LogP contribution in [-0.2, 0) is 11.2 Å². The lowest BCUT2D eigenvalue weighted by Crippen LogP contribution is -2.13. The summed E-state index contributed by atoms with van der Waals surface area (Å²) in [6, 6.07) is 6.11. The van der Waals surface area contributed by atoms with Gasteiger partial charge in [0.15, 0.2) is 0 Å². The molecular weight excluding hydrogens is 191 g/mol. The Bertz CT molecular complexity index is 312. The van der Waals surface area contributed by atoms with Gasteiger partial charge in [-0.3, -0.25) is 4.79 Å². The largest absolute Gasteiger partial charge is 0.298 e. The van der Waals surface area contributed by atoms with Crippen molar-refractivity contribution in [3.63, 3.8) is 0 Å². The van der Waals surface area contributed by atoms with Crippen molar-refractivity contribution in [2.75, 3.05) is 0 Å². The third-order valence-corrected chi connectivity index (χ3v) is 2.21. The Morgan fingerprint density at radius 3 is 2.85 bits per heavy atom. The number of carbonyl (C=O) groups is 1. The van der Waals surface area contributed by atoms with Crippen LogP contribution in [0.4, 0.5) is 4.39 Å². The van der Waals surface area contributed by atoms with Crippen molar-refractivity contribution < 1.29 is 9.18 Å². The number of benzene rings is 1. The number of Topliss-reactive ketones (excluding diaryl/α,β-unsaturated/α-hetero) is 1. The second-order valence-electron chi connectivity index (χ2n) is 2.91. The molecule has 0 spiro atoms. The van der Waals surface area contributed by atoms with Crippen LogP contribution in [0.1, 0.15) is 12.5 Å². The first-order valence-corrected chi connectivity index (χ1v) is 4.42. The average Bonchev–Trinajstić information content (AvgIpc) is 2.04. The van der Waals surface area contributed by atoms with E-state index < -0.39 is 5.38 Å². The molecule has 0 aliphatic heterocycles. The molecule has 0 aliphatic carbocycles. The van der Waals surface area contributed by atoms with E-state index in [1.165, 1.54) is 19.1 Å². The Balaban J connectivity index is 2.69. The minimum atomic E-state index is -0.554. The van der Waals surface area contributed by atoms with Crippen LogP contribution in [0.5, 0.6) is 0 Å². The third-order valence-electron chi connectivity index (χ3n) is 1.75. The first-order valence-electron chi connectivity index (χ1n) is 3.98. The summed E-state index contributed by atoms with van der Waals surface area (Å²) in [6.45, 7) is 1.43. The van der Waals surface area contributed by atoms with E-state index in [-0.39, 0.29) is 11.6 Å². The number of rotatable bonds is 3. The molecule has 1 rings (SSSR count). The SMILES string of the molecule is CC(=O)C(Cl)Cc1cccc(F)c1. The lowest BCUT2D eigenvalue weighted by atomic mass is 10.1. The van der Waals surface area contributed by atoms with Crippen LogP contribution in [0.3, 0.4) is 0 Å². The minimum absolute atomic E-state index is 0.0917. The molecule has 1 atom stereocenters. The fourth-order valence-electron chi connectivity index (χ4n) is 1.01. The molecule has 0 heterocycles. The zero-order valence-electron chi connectivity index (χ0n) is 7.26. The van der Waals surface area contributed by atoms with E-state index in [0.29, 0.717) is 6.42 Å². The van der Waals surface area contributed by atoms with Gasteiger partial charge in [-0.25, -0.2) is 4.39 Å². The monoisotopic (exact) mass is 200 g/mol. The second kappa shape index (κ2) is 4.38. The van der Waals surface area contributed by atoms with E-state index in [4.69, 9.17) is 11.6 Å². The molecule has 3 heteroatoms. The van der Waals surface area contributed by atoms with Gasteiger partial charge in [-0.05, 0) is 31.0 Å². The van der Waals surface area contributed by atoms with Gasteiger partial charge < -0.3 is 0 Å². The molecule has 0 aromatic heterocycles. The molecule has 1 nitrogen and oxygen atoms in total. The highest BCUT2D eigenvalue weighted by molar-refractivity contribution is 6.30. The zero-order chi connectivity index (χ0) is 9.84. The third kappa shape index (κ3) is 3.15. The first-order chi connectivity index (χ1) is 6.09. The average molecular weight is 201 g/mol. The molecule has 1 aromatic rings. The van der Waals surface area contributed by atoms with Gasteiger partial charge in [0, 0.05) is 0 Å². The fraction of sp³-hybridized carbons (Fsp3) is 0.300. The van der Waals surface area contributed by atoms with Gasteiger partial charge in [0.05, 0.1) is 5.38 Å². The van der Waals surface area contributed by atoms with Crippen LogP contribution in [0.2, 0.25) is 0 Å². The number of hydrogen-bond acceptors (Lipinski definition) is 1. The maximum absolute atomic E-state index is 12.7. The molecular formula is C10H10ClFO. The summed E-state index contributed by atoms with van der Waals surface area (Å²) >= 11 is 5.73.